The topological polar surface area (TPSA) is 156 Å². The van der Waals surface area contributed by atoms with Gasteiger partial charge in [0.05, 0.1) is 0 Å². The predicted molar refractivity (Wildman–Crippen MR) is 80.4 cm³/mol. The van der Waals surface area contributed by atoms with Crippen molar-refractivity contribution in [2.24, 2.45) is 0 Å². The zero-order valence-electron chi connectivity index (χ0n) is 11.2. The second kappa shape index (κ2) is 9.63. The summed E-state index contributed by atoms with van der Waals surface area (Å²) in [6, 6.07) is 20.8. The minimum absolute atomic E-state index is 1.28. The van der Waals surface area contributed by atoms with Crippen LogP contribution in [0.2, 0.25) is 0 Å². The summed E-state index contributed by atoms with van der Waals surface area (Å²) in [6.45, 7) is 0. The zero-order valence-corrected chi connectivity index (χ0v) is 13.0. The quantitative estimate of drug-likeness (QED) is 0.423. The number of phosphoric acid groups is 2. The highest BCUT2D eigenvalue weighted by Crippen LogP contribution is 2.26. The highest BCUT2D eigenvalue weighted by atomic mass is 31.2. The summed E-state index contributed by atoms with van der Waals surface area (Å²) < 4.78 is 17.8. The largest absolute Gasteiger partial charge is 0.466 e. The van der Waals surface area contributed by atoms with Crippen LogP contribution < -0.4 is 0 Å². The highest BCUT2D eigenvalue weighted by molar-refractivity contribution is 7.45. The molecule has 2 aromatic rings. The van der Waals surface area contributed by atoms with Crippen LogP contribution in [0.15, 0.2) is 60.7 Å². The molecule has 0 aliphatic carbocycles. The van der Waals surface area contributed by atoms with Gasteiger partial charge in [0.25, 0.3) is 0 Å². The van der Waals surface area contributed by atoms with Crippen LogP contribution in [-0.4, -0.2) is 29.4 Å². The Labute approximate surface area is 126 Å². The van der Waals surface area contributed by atoms with E-state index in [0.717, 1.165) is 0 Å². The van der Waals surface area contributed by atoms with Crippen molar-refractivity contribution in [1.29, 1.82) is 0 Å². The third-order valence-electron chi connectivity index (χ3n) is 1.88. The van der Waals surface area contributed by atoms with Gasteiger partial charge in [-0.2, -0.15) is 0 Å². The van der Waals surface area contributed by atoms with Crippen LogP contribution in [0.3, 0.4) is 0 Å². The molecule has 0 heterocycles. The van der Waals surface area contributed by atoms with E-state index in [1.165, 1.54) is 11.1 Å². The van der Waals surface area contributed by atoms with E-state index in [-0.39, 0.29) is 0 Å². The molecule has 6 N–H and O–H groups in total. The van der Waals surface area contributed by atoms with Crippen LogP contribution >= 0.6 is 15.6 Å². The monoisotopic (exact) mass is 350 g/mol. The lowest BCUT2D eigenvalue weighted by molar-refractivity contribution is 0.272. The van der Waals surface area contributed by atoms with E-state index in [1.807, 2.05) is 12.1 Å². The lowest BCUT2D eigenvalue weighted by Gasteiger charge is -1.98. The van der Waals surface area contributed by atoms with Gasteiger partial charge in [-0.1, -0.05) is 60.7 Å². The molecule has 0 saturated heterocycles. The molecule has 2 aromatic carbocycles. The molecule has 22 heavy (non-hydrogen) atoms. The predicted octanol–water partition coefficient (Wildman–Crippen LogP) is 1.50. The molecule has 0 fully saturated rings. The van der Waals surface area contributed by atoms with Gasteiger partial charge in [0, 0.05) is 0 Å². The van der Waals surface area contributed by atoms with Gasteiger partial charge in [-0.3, -0.25) is 0 Å². The maximum absolute atomic E-state index is 8.88. The van der Waals surface area contributed by atoms with Crippen LogP contribution in [0.4, 0.5) is 0 Å². The first-order chi connectivity index (χ1) is 9.97. The molecule has 0 aliphatic heterocycles. The Bertz CT molecular complexity index is 546. The zero-order chi connectivity index (χ0) is 17.2. The highest BCUT2D eigenvalue weighted by Gasteiger charge is 2.00. The Morgan fingerprint density at radius 3 is 0.864 bits per heavy atom. The standard InChI is InChI=1S/C12H10.2H3O4P/c1-3-7-11(8-4-1)12-9-5-2-6-10-12;2*1-5(2,3)4/h1-10H;2*(H3,1,2,3,4). The van der Waals surface area contributed by atoms with Gasteiger partial charge < -0.3 is 29.4 Å². The number of hydrogen-bond acceptors (Lipinski definition) is 2. The van der Waals surface area contributed by atoms with Crippen molar-refractivity contribution in [2.45, 2.75) is 0 Å². The van der Waals surface area contributed by atoms with E-state index in [9.17, 15) is 0 Å². The third kappa shape index (κ3) is 16.7. The van der Waals surface area contributed by atoms with E-state index in [1.54, 1.807) is 0 Å². The lowest BCUT2D eigenvalue weighted by atomic mass is 10.1. The minimum Gasteiger partial charge on any atom is -0.303 e. The number of hydrogen-bond donors (Lipinski definition) is 6. The summed E-state index contributed by atoms with van der Waals surface area (Å²) in [5.41, 5.74) is 2.55. The first kappa shape index (κ1) is 20.7. The summed E-state index contributed by atoms with van der Waals surface area (Å²) in [5, 5.41) is 0. The average molecular weight is 350 g/mol. The molecular formula is C12H16O8P2. The SMILES string of the molecule is O=P(O)(O)O.O=P(O)(O)O.c1ccc(-c2ccccc2)cc1. The van der Waals surface area contributed by atoms with Gasteiger partial charge in [-0.05, 0) is 11.1 Å². The molecule has 0 radical (unpaired) electrons. The number of rotatable bonds is 1. The van der Waals surface area contributed by atoms with E-state index >= 15 is 0 Å². The van der Waals surface area contributed by atoms with Gasteiger partial charge in [-0.25, -0.2) is 9.13 Å². The van der Waals surface area contributed by atoms with Crippen molar-refractivity contribution < 1.29 is 38.5 Å². The maximum atomic E-state index is 8.88. The van der Waals surface area contributed by atoms with Crippen molar-refractivity contribution >= 4 is 15.6 Å². The smallest absolute Gasteiger partial charge is 0.303 e. The van der Waals surface area contributed by atoms with E-state index in [0.29, 0.717) is 0 Å². The Morgan fingerprint density at radius 2 is 0.682 bits per heavy atom. The molecule has 8 nitrogen and oxygen atoms in total. The van der Waals surface area contributed by atoms with Crippen molar-refractivity contribution in [3.8, 4) is 11.1 Å². The molecular weight excluding hydrogens is 334 g/mol. The fourth-order valence-electron chi connectivity index (χ4n) is 1.26. The third-order valence-corrected chi connectivity index (χ3v) is 1.88. The van der Waals surface area contributed by atoms with Crippen molar-refractivity contribution in [1.82, 2.24) is 0 Å². The molecule has 0 spiro atoms. The summed E-state index contributed by atoms with van der Waals surface area (Å²) in [5.74, 6) is 0. The van der Waals surface area contributed by atoms with Crippen molar-refractivity contribution in [3.05, 3.63) is 60.7 Å². The Kier molecular flexibility index (Phi) is 9.04. The molecule has 0 atom stereocenters. The van der Waals surface area contributed by atoms with Gasteiger partial charge in [0.1, 0.15) is 0 Å². The first-order valence-corrected chi connectivity index (χ1v) is 8.77. The fourth-order valence-corrected chi connectivity index (χ4v) is 1.26. The van der Waals surface area contributed by atoms with Crippen LogP contribution in [0.1, 0.15) is 0 Å². The molecule has 0 saturated carbocycles. The van der Waals surface area contributed by atoms with Crippen LogP contribution in [0.25, 0.3) is 11.1 Å². The Balaban J connectivity index is 0.000000372. The van der Waals surface area contributed by atoms with Gasteiger partial charge in [0.2, 0.25) is 0 Å². The van der Waals surface area contributed by atoms with Gasteiger partial charge >= 0.3 is 15.6 Å². The van der Waals surface area contributed by atoms with E-state index in [4.69, 9.17) is 38.5 Å². The van der Waals surface area contributed by atoms with Gasteiger partial charge in [-0.15, -0.1) is 0 Å². The van der Waals surface area contributed by atoms with Crippen LogP contribution in [0, 0.1) is 0 Å². The molecule has 2 rings (SSSR count). The summed E-state index contributed by atoms with van der Waals surface area (Å²) in [4.78, 5) is 43.1. The summed E-state index contributed by atoms with van der Waals surface area (Å²) in [6.07, 6.45) is 0. The van der Waals surface area contributed by atoms with Gasteiger partial charge in [0.15, 0.2) is 0 Å². The Hall–Kier alpha value is -1.34. The molecule has 0 aromatic heterocycles. The van der Waals surface area contributed by atoms with Crippen molar-refractivity contribution in [2.75, 3.05) is 0 Å². The molecule has 10 heteroatoms. The van der Waals surface area contributed by atoms with Crippen LogP contribution in [-0.2, 0) is 9.13 Å². The first-order valence-electron chi connectivity index (χ1n) is 5.64. The lowest BCUT2D eigenvalue weighted by Crippen LogP contribution is -1.73. The van der Waals surface area contributed by atoms with E-state index in [2.05, 4.69) is 48.5 Å². The average Bonchev–Trinajstić information content (AvgIpc) is 2.37. The van der Waals surface area contributed by atoms with Crippen LogP contribution in [0.5, 0.6) is 0 Å². The van der Waals surface area contributed by atoms with Crippen molar-refractivity contribution in [3.63, 3.8) is 0 Å². The minimum atomic E-state index is -4.64. The molecule has 0 bridgehead atoms. The summed E-state index contributed by atoms with van der Waals surface area (Å²) in [7, 11) is -9.28. The second-order valence-corrected chi connectivity index (χ2v) is 5.81. The summed E-state index contributed by atoms with van der Waals surface area (Å²) >= 11 is 0. The second-order valence-electron chi connectivity index (χ2n) is 3.76. The normalized spacial score (nSPS) is 10.6. The molecule has 0 aliphatic rings. The van der Waals surface area contributed by atoms with E-state index < -0.39 is 15.6 Å². The molecule has 0 amide bonds. The molecule has 0 unspecified atom stereocenters. The Morgan fingerprint density at radius 1 is 0.500 bits per heavy atom. The maximum Gasteiger partial charge on any atom is 0.466 e. The number of benzene rings is 2. The fraction of sp³-hybridized carbons (Fsp3) is 0. The molecule has 122 valence electrons.